The van der Waals surface area contributed by atoms with Crippen molar-refractivity contribution in [1.29, 1.82) is 0 Å². The third-order valence-corrected chi connectivity index (χ3v) is 7.22. The van der Waals surface area contributed by atoms with Crippen molar-refractivity contribution in [2.75, 3.05) is 17.7 Å². The van der Waals surface area contributed by atoms with Gasteiger partial charge in [0.2, 0.25) is 5.91 Å². The van der Waals surface area contributed by atoms with E-state index in [9.17, 15) is 9.59 Å². The van der Waals surface area contributed by atoms with Crippen molar-refractivity contribution in [2.45, 2.75) is 44.4 Å². The summed E-state index contributed by atoms with van der Waals surface area (Å²) in [5.41, 5.74) is 1.60. The number of anilines is 1. The summed E-state index contributed by atoms with van der Waals surface area (Å²) >= 11 is 4.32. The van der Waals surface area contributed by atoms with Crippen LogP contribution in [0.3, 0.4) is 0 Å². The first-order chi connectivity index (χ1) is 12.5. The van der Waals surface area contributed by atoms with Crippen LogP contribution in [-0.4, -0.2) is 34.4 Å². The van der Waals surface area contributed by atoms with Gasteiger partial charge < -0.3 is 10.1 Å². The van der Waals surface area contributed by atoms with Crippen molar-refractivity contribution in [3.05, 3.63) is 21.0 Å². The number of amides is 1. The SMILES string of the molecule is CCOC(=O)c1c(NC(=O)CSc2nnc(C)s2)sc2c1CC[C@@H](C)C2. The fourth-order valence-electron chi connectivity index (χ4n) is 2.88. The molecule has 6 nitrogen and oxygen atoms in total. The summed E-state index contributed by atoms with van der Waals surface area (Å²) in [6, 6.07) is 0. The van der Waals surface area contributed by atoms with E-state index >= 15 is 0 Å². The van der Waals surface area contributed by atoms with Gasteiger partial charge in [-0.25, -0.2) is 4.79 Å². The molecule has 2 heterocycles. The number of rotatable bonds is 6. The average molecular weight is 412 g/mol. The lowest BCUT2D eigenvalue weighted by Crippen LogP contribution is -2.17. The molecule has 0 radical (unpaired) electrons. The van der Waals surface area contributed by atoms with Crippen LogP contribution >= 0.6 is 34.4 Å². The molecular weight excluding hydrogens is 390 g/mol. The number of aryl methyl sites for hydroxylation is 1. The molecule has 1 amide bonds. The minimum atomic E-state index is -0.345. The van der Waals surface area contributed by atoms with Gasteiger partial charge in [-0.1, -0.05) is 30.0 Å². The van der Waals surface area contributed by atoms with Crippen LogP contribution in [0.15, 0.2) is 4.34 Å². The number of ether oxygens (including phenoxy) is 1. The lowest BCUT2D eigenvalue weighted by Gasteiger charge is -2.18. The number of nitrogens with zero attached hydrogens (tertiary/aromatic N) is 2. The number of fused-ring (bicyclic) bond motifs is 1. The second-order valence-corrected chi connectivity index (χ2v) is 9.71. The molecule has 9 heteroatoms. The number of aromatic nitrogens is 2. The maximum Gasteiger partial charge on any atom is 0.341 e. The van der Waals surface area contributed by atoms with Gasteiger partial charge in [0.15, 0.2) is 4.34 Å². The molecule has 0 bridgehead atoms. The monoisotopic (exact) mass is 411 g/mol. The fourth-order valence-corrected chi connectivity index (χ4v) is 5.92. The first kappa shape index (κ1) is 19.3. The number of nitrogens with one attached hydrogen (secondary N) is 1. The molecular formula is C17H21N3O3S3. The van der Waals surface area contributed by atoms with Crippen molar-refractivity contribution >= 4 is 51.3 Å². The number of thiophene rings is 1. The first-order valence-corrected chi connectivity index (χ1v) is 11.1. The lowest BCUT2D eigenvalue weighted by molar-refractivity contribution is -0.113. The molecule has 0 spiro atoms. The van der Waals surface area contributed by atoms with E-state index in [2.05, 4.69) is 22.4 Å². The van der Waals surface area contributed by atoms with E-state index in [0.29, 0.717) is 23.1 Å². The van der Waals surface area contributed by atoms with Crippen LogP contribution in [0, 0.1) is 12.8 Å². The Balaban J connectivity index is 1.75. The molecule has 0 unspecified atom stereocenters. The Morgan fingerprint density at radius 3 is 2.85 bits per heavy atom. The Hall–Kier alpha value is -1.45. The summed E-state index contributed by atoms with van der Waals surface area (Å²) in [6.45, 7) is 6.20. The van der Waals surface area contributed by atoms with E-state index in [1.807, 2.05) is 6.92 Å². The summed E-state index contributed by atoms with van der Waals surface area (Å²) < 4.78 is 5.99. The second-order valence-electron chi connectivity index (χ2n) is 6.20. The fraction of sp³-hybridized carbons (Fsp3) is 0.529. The number of hydrogen-bond donors (Lipinski definition) is 1. The van der Waals surface area contributed by atoms with Crippen molar-refractivity contribution in [1.82, 2.24) is 10.2 Å². The van der Waals surface area contributed by atoms with E-state index in [-0.39, 0.29) is 17.6 Å². The molecule has 0 fully saturated rings. The van der Waals surface area contributed by atoms with E-state index in [1.165, 1.54) is 39.3 Å². The first-order valence-electron chi connectivity index (χ1n) is 8.52. The van der Waals surface area contributed by atoms with Gasteiger partial charge in [0, 0.05) is 4.88 Å². The topological polar surface area (TPSA) is 81.2 Å². The van der Waals surface area contributed by atoms with Gasteiger partial charge in [-0.3, -0.25) is 4.79 Å². The van der Waals surface area contributed by atoms with Crippen molar-refractivity contribution in [2.24, 2.45) is 5.92 Å². The molecule has 2 aromatic rings. The van der Waals surface area contributed by atoms with Crippen LogP contribution < -0.4 is 5.32 Å². The van der Waals surface area contributed by atoms with Gasteiger partial charge in [0.25, 0.3) is 0 Å². The van der Waals surface area contributed by atoms with Crippen LogP contribution in [0.5, 0.6) is 0 Å². The number of thioether (sulfide) groups is 1. The largest absolute Gasteiger partial charge is 0.462 e. The highest BCUT2D eigenvalue weighted by Gasteiger charge is 2.29. The van der Waals surface area contributed by atoms with Gasteiger partial charge in [0.1, 0.15) is 10.0 Å². The van der Waals surface area contributed by atoms with Crippen LogP contribution in [0.4, 0.5) is 5.00 Å². The van der Waals surface area contributed by atoms with E-state index < -0.39 is 0 Å². The lowest BCUT2D eigenvalue weighted by atomic mass is 9.88. The smallest absolute Gasteiger partial charge is 0.341 e. The Morgan fingerprint density at radius 2 is 2.15 bits per heavy atom. The number of carbonyl (C=O) groups is 2. The summed E-state index contributed by atoms with van der Waals surface area (Å²) in [7, 11) is 0. The minimum absolute atomic E-state index is 0.153. The summed E-state index contributed by atoms with van der Waals surface area (Å²) in [5, 5.41) is 12.3. The zero-order valence-electron chi connectivity index (χ0n) is 15.0. The van der Waals surface area contributed by atoms with Crippen LogP contribution in [0.1, 0.15) is 46.1 Å². The Morgan fingerprint density at radius 1 is 1.35 bits per heavy atom. The maximum atomic E-state index is 12.5. The third-order valence-electron chi connectivity index (χ3n) is 4.08. The molecule has 0 aromatic carbocycles. The van der Waals surface area contributed by atoms with E-state index in [0.717, 1.165) is 34.2 Å². The highest BCUT2D eigenvalue weighted by atomic mass is 32.2. The highest BCUT2D eigenvalue weighted by molar-refractivity contribution is 8.01. The number of hydrogen-bond acceptors (Lipinski definition) is 8. The zero-order valence-corrected chi connectivity index (χ0v) is 17.4. The molecule has 1 aliphatic carbocycles. The van der Waals surface area contributed by atoms with Crippen LogP contribution in [-0.2, 0) is 22.4 Å². The molecule has 0 saturated carbocycles. The van der Waals surface area contributed by atoms with Crippen molar-refractivity contribution in [3.8, 4) is 0 Å². The summed E-state index contributed by atoms with van der Waals surface area (Å²) in [5.74, 6) is 0.328. The predicted molar refractivity (Wildman–Crippen MR) is 105 cm³/mol. The average Bonchev–Trinajstić information content (AvgIpc) is 3.15. The highest BCUT2D eigenvalue weighted by Crippen LogP contribution is 2.40. The number of carbonyl (C=O) groups excluding carboxylic acids is 2. The zero-order chi connectivity index (χ0) is 18.7. The maximum absolute atomic E-state index is 12.5. The minimum Gasteiger partial charge on any atom is -0.462 e. The molecule has 2 aromatic heterocycles. The van der Waals surface area contributed by atoms with Gasteiger partial charge in [-0.05, 0) is 44.6 Å². The third kappa shape index (κ3) is 4.44. The quantitative estimate of drug-likeness (QED) is 0.573. The molecule has 140 valence electrons. The summed E-state index contributed by atoms with van der Waals surface area (Å²) in [4.78, 5) is 26.0. The van der Waals surface area contributed by atoms with Crippen molar-refractivity contribution in [3.63, 3.8) is 0 Å². The Kier molecular flexibility index (Phi) is 6.31. The normalized spacial score (nSPS) is 16.2. The standard InChI is InChI=1S/C17H21N3O3S3/c1-4-23-16(22)14-11-6-5-9(2)7-12(11)26-15(14)18-13(21)8-24-17-20-19-10(3)25-17/h9H,4-8H2,1-3H3,(H,18,21)/t9-/m1/s1. The predicted octanol–water partition coefficient (Wildman–Crippen LogP) is 3.94. The van der Waals surface area contributed by atoms with Gasteiger partial charge in [-0.15, -0.1) is 21.5 Å². The number of esters is 1. The van der Waals surface area contributed by atoms with Gasteiger partial charge >= 0.3 is 5.97 Å². The van der Waals surface area contributed by atoms with E-state index in [4.69, 9.17) is 4.74 Å². The molecule has 26 heavy (non-hydrogen) atoms. The molecule has 3 rings (SSSR count). The van der Waals surface area contributed by atoms with Crippen LogP contribution in [0.2, 0.25) is 0 Å². The summed E-state index contributed by atoms with van der Waals surface area (Å²) in [6.07, 6.45) is 2.85. The molecule has 0 aliphatic heterocycles. The molecule has 1 aliphatic rings. The molecule has 0 saturated heterocycles. The Labute approximate surface area is 164 Å². The molecule has 1 N–H and O–H groups in total. The van der Waals surface area contributed by atoms with Crippen LogP contribution in [0.25, 0.3) is 0 Å². The Bertz CT molecular complexity index is 816. The van der Waals surface area contributed by atoms with Gasteiger partial charge in [0.05, 0.1) is 17.9 Å². The van der Waals surface area contributed by atoms with E-state index in [1.54, 1.807) is 6.92 Å². The van der Waals surface area contributed by atoms with Gasteiger partial charge in [-0.2, -0.15) is 0 Å². The van der Waals surface area contributed by atoms with Crippen molar-refractivity contribution < 1.29 is 14.3 Å². The second kappa shape index (κ2) is 8.49. The molecule has 1 atom stereocenters.